The smallest absolute Gasteiger partial charge is 0.248 e. The zero-order chi connectivity index (χ0) is 16.8. The SMILES string of the molecule is COc1ccc(/C=C/C(=O)Nc2ccc(Br)cc2F)cc1OC. The summed E-state index contributed by atoms with van der Waals surface area (Å²) >= 11 is 3.16. The Morgan fingerprint density at radius 3 is 2.52 bits per heavy atom. The third-order valence-electron chi connectivity index (χ3n) is 3.02. The van der Waals surface area contributed by atoms with Gasteiger partial charge < -0.3 is 14.8 Å². The quantitative estimate of drug-likeness (QED) is 0.789. The van der Waals surface area contributed by atoms with Crippen LogP contribution in [0.4, 0.5) is 10.1 Å². The molecule has 0 saturated heterocycles. The van der Waals surface area contributed by atoms with Crippen LogP contribution < -0.4 is 14.8 Å². The van der Waals surface area contributed by atoms with Crippen LogP contribution in [0.3, 0.4) is 0 Å². The van der Waals surface area contributed by atoms with Crippen LogP contribution in [-0.2, 0) is 4.79 Å². The predicted molar refractivity (Wildman–Crippen MR) is 91.3 cm³/mol. The van der Waals surface area contributed by atoms with Crippen LogP contribution in [0.25, 0.3) is 6.08 Å². The molecule has 0 atom stereocenters. The first-order valence-electron chi connectivity index (χ1n) is 6.69. The van der Waals surface area contributed by atoms with Crippen LogP contribution in [0, 0.1) is 5.82 Å². The van der Waals surface area contributed by atoms with Crippen molar-refractivity contribution in [3.05, 3.63) is 58.3 Å². The van der Waals surface area contributed by atoms with Gasteiger partial charge in [-0.1, -0.05) is 22.0 Å². The van der Waals surface area contributed by atoms with E-state index in [0.29, 0.717) is 16.0 Å². The van der Waals surface area contributed by atoms with Crippen molar-refractivity contribution in [1.29, 1.82) is 0 Å². The highest BCUT2D eigenvalue weighted by Crippen LogP contribution is 2.28. The molecule has 1 amide bonds. The van der Waals surface area contributed by atoms with E-state index in [1.165, 1.54) is 25.3 Å². The molecule has 0 fully saturated rings. The number of hydrogen-bond donors (Lipinski definition) is 1. The fourth-order valence-corrected chi connectivity index (χ4v) is 2.23. The largest absolute Gasteiger partial charge is 0.493 e. The zero-order valence-electron chi connectivity index (χ0n) is 12.6. The van der Waals surface area contributed by atoms with Gasteiger partial charge in [0, 0.05) is 10.5 Å². The van der Waals surface area contributed by atoms with Gasteiger partial charge in [-0.2, -0.15) is 0 Å². The van der Waals surface area contributed by atoms with Gasteiger partial charge in [-0.25, -0.2) is 4.39 Å². The van der Waals surface area contributed by atoms with E-state index < -0.39 is 11.7 Å². The molecule has 0 bridgehead atoms. The van der Waals surface area contributed by atoms with Gasteiger partial charge in [0.1, 0.15) is 5.82 Å². The van der Waals surface area contributed by atoms with E-state index in [2.05, 4.69) is 21.2 Å². The first kappa shape index (κ1) is 17.0. The maximum absolute atomic E-state index is 13.7. The molecule has 0 aliphatic carbocycles. The summed E-state index contributed by atoms with van der Waals surface area (Å²) in [5.74, 6) is 0.230. The van der Waals surface area contributed by atoms with E-state index >= 15 is 0 Å². The molecule has 0 aliphatic heterocycles. The summed E-state index contributed by atoms with van der Waals surface area (Å²) in [5, 5.41) is 2.48. The first-order chi connectivity index (χ1) is 11.0. The first-order valence-corrected chi connectivity index (χ1v) is 7.49. The molecule has 6 heteroatoms. The summed E-state index contributed by atoms with van der Waals surface area (Å²) in [4.78, 5) is 11.9. The summed E-state index contributed by atoms with van der Waals surface area (Å²) < 4.78 is 24.6. The van der Waals surface area contributed by atoms with Gasteiger partial charge in [-0.3, -0.25) is 4.79 Å². The summed E-state index contributed by atoms with van der Waals surface area (Å²) in [5.41, 5.74) is 0.879. The molecule has 0 spiro atoms. The average molecular weight is 380 g/mol. The number of nitrogens with one attached hydrogen (secondary N) is 1. The van der Waals surface area contributed by atoms with Gasteiger partial charge in [0.25, 0.3) is 0 Å². The molecule has 23 heavy (non-hydrogen) atoms. The number of ether oxygens (including phenoxy) is 2. The van der Waals surface area contributed by atoms with E-state index in [0.717, 1.165) is 5.56 Å². The second-order valence-corrected chi connectivity index (χ2v) is 5.48. The average Bonchev–Trinajstić information content (AvgIpc) is 2.55. The lowest BCUT2D eigenvalue weighted by molar-refractivity contribution is -0.111. The van der Waals surface area contributed by atoms with Gasteiger partial charge in [0.15, 0.2) is 11.5 Å². The Kier molecular flexibility index (Phi) is 5.76. The van der Waals surface area contributed by atoms with E-state index in [1.807, 2.05) is 0 Å². The van der Waals surface area contributed by atoms with Crippen molar-refractivity contribution in [3.8, 4) is 11.5 Å². The van der Waals surface area contributed by atoms with Crippen LogP contribution in [-0.4, -0.2) is 20.1 Å². The number of amides is 1. The number of rotatable bonds is 5. The molecule has 0 radical (unpaired) electrons. The lowest BCUT2D eigenvalue weighted by atomic mass is 10.2. The molecule has 120 valence electrons. The minimum Gasteiger partial charge on any atom is -0.493 e. The molecule has 1 N–H and O–H groups in total. The minimum absolute atomic E-state index is 0.121. The van der Waals surface area contributed by atoms with Gasteiger partial charge in [-0.05, 0) is 42.0 Å². The molecule has 2 aromatic carbocycles. The third-order valence-corrected chi connectivity index (χ3v) is 3.52. The normalized spacial score (nSPS) is 10.6. The van der Waals surface area contributed by atoms with E-state index in [9.17, 15) is 9.18 Å². The van der Waals surface area contributed by atoms with Crippen LogP contribution in [0.1, 0.15) is 5.56 Å². The van der Waals surface area contributed by atoms with E-state index in [4.69, 9.17) is 9.47 Å². The van der Waals surface area contributed by atoms with Crippen molar-refractivity contribution >= 4 is 33.6 Å². The lowest BCUT2D eigenvalue weighted by Gasteiger charge is -2.07. The van der Waals surface area contributed by atoms with Crippen molar-refractivity contribution in [2.45, 2.75) is 0 Å². The second kappa shape index (κ2) is 7.78. The molecule has 0 saturated carbocycles. The molecule has 0 heterocycles. The maximum Gasteiger partial charge on any atom is 0.248 e. The molecule has 0 aliphatic rings. The monoisotopic (exact) mass is 379 g/mol. The fraction of sp³-hybridized carbons (Fsp3) is 0.118. The highest BCUT2D eigenvalue weighted by molar-refractivity contribution is 9.10. The Balaban J connectivity index is 2.09. The van der Waals surface area contributed by atoms with Gasteiger partial charge >= 0.3 is 0 Å². The molecule has 0 unspecified atom stereocenters. The van der Waals surface area contributed by atoms with Gasteiger partial charge in [-0.15, -0.1) is 0 Å². The number of carbonyl (C=O) groups is 1. The highest BCUT2D eigenvalue weighted by atomic mass is 79.9. The van der Waals surface area contributed by atoms with Crippen molar-refractivity contribution in [1.82, 2.24) is 0 Å². The Bertz CT molecular complexity index is 747. The second-order valence-electron chi connectivity index (χ2n) is 4.56. The topological polar surface area (TPSA) is 47.6 Å². The van der Waals surface area contributed by atoms with E-state index in [1.54, 1.807) is 37.5 Å². The van der Waals surface area contributed by atoms with Crippen molar-refractivity contribution in [2.24, 2.45) is 0 Å². The molecular formula is C17H15BrFNO3. The Morgan fingerprint density at radius 1 is 1.13 bits per heavy atom. The lowest BCUT2D eigenvalue weighted by Crippen LogP contribution is -2.09. The molecule has 4 nitrogen and oxygen atoms in total. The number of hydrogen-bond acceptors (Lipinski definition) is 3. The Hall–Kier alpha value is -2.34. The van der Waals surface area contributed by atoms with Gasteiger partial charge in [0.05, 0.1) is 19.9 Å². The van der Waals surface area contributed by atoms with Crippen molar-refractivity contribution < 1.29 is 18.7 Å². The number of methoxy groups -OCH3 is 2. The van der Waals surface area contributed by atoms with Crippen molar-refractivity contribution in [3.63, 3.8) is 0 Å². The maximum atomic E-state index is 13.7. The van der Waals surface area contributed by atoms with Crippen molar-refractivity contribution in [2.75, 3.05) is 19.5 Å². The summed E-state index contributed by atoms with van der Waals surface area (Å²) in [7, 11) is 3.09. The number of anilines is 1. The highest BCUT2D eigenvalue weighted by Gasteiger charge is 2.06. The number of benzene rings is 2. The summed E-state index contributed by atoms with van der Waals surface area (Å²) in [6, 6.07) is 9.69. The van der Waals surface area contributed by atoms with Gasteiger partial charge in [0.2, 0.25) is 5.91 Å². The number of halogens is 2. The predicted octanol–water partition coefficient (Wildman–Crippen LogP) is 4.26. The van der Waals surface area contributed by atoms with Crippen LogP contribution in [0.2, 0.25) is 0 Å². The summed E-state index contributed by atoms with van der Waals surface area (Å²) in [6.45, 7) is 0. The zero-order valence-corrected chi connectivity index (χ0v) is 14.2. The number of carbonyl (C=O) groups excluding carboxylic acids is 1. The van der Waals surface area contributed by atoms with Crippen LogP contribution in [0.5, 0.6) is 11.5 Å². The minimum atomic E-state index is -0.507. The van der Waals surface area contributed by atoms with Crippen LogP contribution in [0.15, 0.2) is 46.9 Å². The fourth-order valence-electron chi connectivity index (χ4n) is 1.89. The standard InChI is InChI=1S/C17H15BrFNO3/c1-22-15-7-3-11(9-16(15)23-2)4-8-17(21)20-14-6-5-12(18)10-13(14)19/h3-10H,1-2H3,(H,20,21)/b8-4+. The molecule has 2 rings (SSSR count). The Labute approximate surface area is 142 Å². The summed E-state index contributed by atoms with van der Waals surface area (Å²) in [6.07, 6.45) is 2.93. The third kappa shape index (κ3) is 4.56. The molecule has 2 aromatic rings. The Morgan fingerprint density at radius 2 is 1.87 bits per heavy atom. The van der Waals surface area contributed by atoms with E-state index in [-0.39, 0.29) is 5.69 Å². The molecule has 0 aromatic heterocycles. The van der Waals surface area contributed by atoms with Crippen LogP contribution >= 0.6 is 15.9 Å². The molecular weight excluding hydrogens is 365 g/mol.